The van der Waals surface area contributed by atoms with E-state index in [0.717, 1.165) is 0 Å². The molecule has 2 N–H and O–H groups in total. The van der Waals surface area contributed by atoms with E-state index in [-0.39, 0.29) is 28.6 Å². The molecule has 0 amide bonds. The molecular formula is C11H11N7O3. The summed E-state index contributed by atoms with van der Waals surface area (Å²) in [5.41, 5.74) is -1.84. The van der Waals surface area contributed by atoms with Crippen LogP contribution in [0.4, 0.5) is 5.95 Å². The maximum atomic E-state index is 12.0. The van der Waals surface area contributed by atoms with Crippen LogP contribution in [0, 0.1) is 0 Å². The third-order valence-corrected chi connectivity index (χ3v) is 3.00. The van der Waals surface area contributed by atoms with Crippen molar-refractivity contribution >= 4 is 17.1 Å². The molecule has 0 radical (unpaired) electrons. The van der Waals surface area contributed by atoms with Gasteiger partial charge in [-0.25, -0.2) is 9.78 Å². The summed E-state index contributed by atoms with van der Waals surface area (Å²) in [6.07, 6.45) is 0. The van der Waals surface area contributed by atoms with Crippen molar-refractivity contribution in [2.24, 2.45) is 7.05 Å². The number of aromatic amines is 2. The Kier molecular flexibility index (Phi) is 2.61. The highest BCUT2D eigenvalue weighted by Crippen LogP contribution is 2.17. The lowest BCUT2D eigenvalue weighted by molar-refractivity contribution is 0.849. The summed E-state index contributed by atoms with van der Waals surface area (Å²) in [5.74, 6) is 0.448. The fourth-order valence-corrected chi connectivity index (χ4v) is 1.98. The zero-order valence-corrected chi connectivity index (χ0v) is 11.5. The Morgan fingerprint density at radius 2 is 1.76 bits per heavy atom. The first-order valence-corrected chi connectivity index (χ1v) is 5.97. The summed E-state index contributed by atoms with van der Waals surface area (Å²) in [7, 11) is 4.97. The van der Waals surface area contributed by atoms with Gasteiger partial charge in [-0.2, -0.15) is 9.97 Å². The van der Waals surface area contributed by atoms with E-state index in [1.165, 1.54) is 4.57 Å². The van der Waals surface area contributed by atoms with Crippen LogP contribution < -0.4 is 21.7 Å². The average molecular weight is 289 g/mol. The first-order valence-electron chi connectivity index (χ1n) is 5.97. The number of hydrogen-bond acceptors (Lipinski definition) is 7. The normalized spacial score (nSPS) is 11.2. The van der Waals surface area contributed by atoms with Gasteiger partial charge in [0.1, 0.15) is 5.65 Å². The molecule has 108 valence electrons. The fraction of sp³-hybridized carbons (Fsp3) is 0.273. The molecule has 1 aromatic rings. The molecule has 10 nitrogen and oxygen atoms in total. The second kappa shape index (κ2) is 4.23. The van der Waals surface area contributed by atoms with Gasteiger partial charge in [-0.05, 0) is 0 Å². The maximum absolute atomic E-state index is 12.0. The van der Waals surface area contributed by atoms with Gasteiger partial charge in [-0.3, -0.25) is 19.6 Å². The van der Waals surface area contributed by atoms with Crippen LogP contribution in [0.5, 0.6) is 0 Å². The summed E-state index contributed by atoms with van der Waals surface area (Å²) in [6.45, 7) is 0. The summed E-state index contributed by atoms with van der Waals surface area (Å²) in [5, 5.41) is 0. The molecule has 0 saturated carbocycles. The SMILES string of the molecule is CN(C)c1nc2n(C)c3[nH]c(=O)[nH]c(=O)c3nc-2c(=O)n1. The van der Waals surface area contributed by atoms with E-state index in [2.05, 4.69) is 24.9 Å². The van der Waals surface area contributed by atoms with Crippen molar-refractivity contribution in [3.8, 4) is 11.5 Å². The minimum absolute atomic E-state index is 0.0341. The van der Waals surface area contributed by atoms with E-state index in [1.54, 1.807) is 26.0 Å². The van der Waals surface area contributed by atoms with Gasteiger partial charge in [0.15, 0.2) is 17.0 Å². The molecule has 21 heavy (non-hydrogen) atoms. The number of nitrogens with one attached hydrogen (secondary N) is 2. The molecule has 3 rings (SSSR count). The van der Waals surface area contributed by atoms with Gasteiger partial charge in [-0.15, -0.1) is 0 Å². The predicted octanol–water partition coefficient (Wildman–Crippen LogP) is -1.73. The van der Waals surface area contributed by atoms with Crippen molar-refractivity contribution in [3.63, 3.8) is 0 Å². The van der Waals surface area contributed by atoms with Crippen molar-refractivity contribution in [2.75, 3.05) is 19.0 Å². The smallest absolute Gasteiger partial charge is 0.327 e. The molecule has 3 heterocycles. The molecule has 2 aliphatic rings. The van der Waals surface area contributed by atoms with Crippen molar-refractivity contribution in [3.05, 3.63) is 31.2 Å². The lowest BCUT2D eigenvalue weighted by Crippen LogP contribution is -2.29. The first-order chi connectivity index (χ1) is 9.88. The molecule has 0 spiro atoms. The summed E-state index contributed by atoms with van der Waals surface area (Å²) in [4.78, 5) is 53.3. The number of rotatable bonds is 1. The monoisotopic (exact) mass is 289 g/mol. The maximum Gasteiger partial charge on any atom is 0.327 e. The number of aromatic nitrogens is 6. The van der Waals surface area contributed by atoms with Crippen LogP contribution in [-0.4, -0.2) is 43.6 Å². The second-order valence-corrected chi connectivity index (χ2v) is 4.67. The highest BCUT2D eigenvalue weighted by molar-refractivity contribution is 5.74. The predicted molar refractivity (Wildman–Crippen MR) is 74.8 cm³/mol. The van der Waals surface area contributed by atoms with Crippen LogP contribution in [0.2, 0.25) is 0 Å². The fourth-order valence-electron chi connectivity index (χ4n) is 1.98. The molecule has 1 aromatic heterocycles. The average Bonchev–Trinajstić information content (AvgIpc) is 2.40. The van der Waals surface area contributed by atoms with Crippen LogP contribution in [-0.2, 0) is 7.05 Å². The number of aryl methyl sites for hydroxylation is 1. The molecule has 0 aromatic carbocycles. The van der Waals surface area contributed by atoms with E-state index in [9.17, 15) is 14.4 Å². The molecular weight excluding hydrogens is 278 g/mol. The largest absolute Gasteiger partial charge is 0.347 e. The van der Waals surface area contributed by atoms with Crippen LogP contribution in [0.25, 0.3) is 22.7 Å². The molecule has 10 heteroatoms. The Bertz CT molecular complexity index is 997. The molecule has 0 bridgehead atoms. The van der Waals surface area contributed by atoms with E-state index >= 15 is 0 Å². The minimum Gasteiger partial charge on any atom is -0.347 e. The summed E-state index contributed by atoms with van der Waals surface area (Å²) >= 11 is 0. The topological polar surface area (TPSA) is 130 Å². The number of anilines is 1. The Hall–Kier alpha value is -3.04. The molecule has 0 fully saturated rings. The quantitative estimate of drug-likeness (QED) is 0.509. The third kappa shape index (κ3) is 1.88. The van der Waals surface area contributed by atoms with Gasteiger partial charge in [0.05, 0.1) is 0 Å². The Morgan fingerprint density at radius 1 is 1.05 bits per heavy atom. The van der Waals surface area contributed by atoms with Gasteiger partial charge in [0, 0.05) is 21.1 Å². The molecule has 2 aliphatic heterocycles. The van der Waals surface area contributed by atoms with Gasteiger partial charge < -0.3 is 9.47 Å². The first kappa shape index (κ1) is 13.0. The molecule has 0 unspecified atom stereocenters. The van der Waals surface area contributed by atoms with E-state index in [4.69, 9.17) is 0 Å². The third-order valence-electron chi connectivity index (χ3n) is 3.00. The van der Waals surface area contributed by atoms with Gasteiger partial charge in [0.2, 0.25) is 5.95 Å². The molecule has 0 aliphatic carbocycles. The minimum atomic E-state index is -0.678. The van der Waals surface area contributed by atoms with Crippen LogP contribution in [0.3, 0.4) is 0 Å². The van der Waals surface area contributed by atoms with Crippen LogP contribution in [0.15, 0.2) is 14.4 Å². The van der Waals surface area contributed by atoms with Crippen LogP contribution in [0.1, 0.15) is 0 Å². The van der Waals surface area contributed by atoms with Crippen molar-refractivity contribution in [2.45, 2.75) is 0 Å². The van der Waals surface area contributed by atoms with Gasteiger partial charge in [-0.1, -0.05) is 0 Å². The molecule has 0 saturated heterocycles. The number of nitrogens with zero attached hydrogens (tertiary/aromatic N) is 5. The summed E-state index contributed by atoms with van der Waals surface area (Å²) < 4.78 is 1.43. The standard InChI is InChI=1S/C11H11N7O3/c1-17(2)10-13-6-4(8(19)15-10)12-5-7(18(6)3)14-11(21)16-9(5)20/h1-3H3,(H2,14,16,20,21). The number of fused-ring (bicyclic) bond motifs is 2. The van der Waals surface area contributed by atoms with Crippen molar-refractivity contribution < 1.29 is 0 Å². The lowest BCUT2D eigenvalue weighted by Gasteiger charge is -2.15. The van der Waals surface area contributed by atoms with Gasteiger partial charge >= 0.3 is 11.2 Å². The zero-order chi connectivity index (χ0) is 15.3. The van der Waals surface area contributed by atoms with Gasteiger partial charge in [0.25, 0.3) is 5.56 Å². The molecule has 0 atom stereocenters. The summed E-state index contributed by atoms with van der Waals surface area (Å²) in [6, 6.07) is 0. The Morgan fingerprint density at radius 3 is 2.43 bits per heavy atom. The van der Waals surface area contributed by atoms with E-state index < -0.39 is 16.8 Å². The number of hydrogen-bond donors (Lipinski definition) is 2. The zero-order valence-electron chi connectivity index (χ0n) is 11.5. The Balaban J connectivity index is 2.58. The second-order valence-electron chi connectivity index (χ2n) is 4.67. The van der Waals surface area contributed by atoms with Crippen LogP contribution >= 0.6 is 0 Å². The van der Waals surface area contributed by atoms with E-state index in [1.807, 2.05) is 0 Å². The van der Waals surface area contributed by atoms with Crippen molar-refractivity contribution in [1.29, 1.82) is 0 Å². The van der Waals surface area contributed by atoms with E-state index in [0.29, 0.717) is 0 Å². The van der Waals surface area contributed by atoms with Crippen molar-refractivity contribution in [1.82, 2.24) is 29.5 Å². The highest BCUT2D eigenvalue weighted by atomic mass is 16.2. The lowest BCUT2D eigenvalue weighted by atomic mass is 10.3. The Labute approximate surface area is 116 Å². The highest BCUT2D eigenvalue weighted by Gasteiger charge is 2.20. The number of H-pyrrole nitrogens is 2.